The predicted octanol–water partition coefficient (Wildman–Crippen LogP) is 3.79. The molecule has 0 radical (unpaired) electrons. The summed E-state index contributed by atoms with van der Waals surface area (Å²) in [7, 11) is 8.38. The summed E-state index contributed by atoms with van der Waals surface area (Å²) in [5, 5.41) is 18.1. The molecule has 9 amide bonds. The summed E-state index contributed by atoms with van der Waals surface area (Å²) in [6.07, 6.45) is -0.107. The first-order valence-electron chi connectivity index (χ1n) is 31.1. The van der Waals surface area contributed by atoms with E-state index in [9.17, 15) is 48.3 Å². The molecule has 2 saturated heterocycles. The molecule has 2 fully saturated rings. The third-order valence-electron chi connectivity index (χ3n) is 17.5. The van der Waals surface area contributed by atoms with Crippen LogP contribution in [0.25, 0.3) is 0 Å². The van der Waals surface area contributed by atoms with Crippen LogP contribution in [0.5, 0.6) is 5.75 Å². The molecular weight excluding hydrogens is 1160 g/mol. The molecule has 0 aromatic heterocycles. The fraction of sp³-hybridized carbons (Fsp3) is 0.631. The van der Waals surface area contributed by atoms with Gasteiger partial charge in [0.25, 0.3) is 5.91 Å². The Bertz CT molecular complexity index is 2900. The third kappa shape index (κ3) is 18.3. The van der Waals surface area contributed by atoms with Crippen molar-refractivity contribution in [1.82, 2.24) is 45.3 Å². The van der Waals surface area contributed by atoms with E-state index in [0.717, 1.165) is 9.80 Å². The van der Waals surface area contributed by atoms with Gasteiger partial charge in [-0.05, 0) is 85.6 Å². The fourth-order valence-electron chi connectivity index (χ4n) is 11.8. The van der Waals surface area contributed by atoms with E-state index in [1.807, 2.05) is 6.92 Å². The normalized spacial score (nSPS) is 25.0. The number of piperidine rings is 1. The van der Waals surface area contributed by atoms with Crippen LogP contribution in [0.3, 0.4) is 0 Å². The number of carbonyl (C=O) groups excluding carboxylic acids is 11. The molecule has 4 rings (SSSR count). The van der Waals surface area contributed by atoms with Gasteiger partial charge in [0.1, 0.15) is 54.1 Å². The first-order chi connectivity index (χ1) is 42.3. The third-order valence-corrected chi connectivity index (χ3v) is 17.5. The van der Waals surface area contributed by atoms with Crippen LogP contribution in [0.1, 0.15) is 141 Å². The summed E-state index contributed by atoms with van der Waals surface area (Å²) < 4.78 is 16.8. The minimum atomic E-state index is -1.53. The second kappa shape index (κ2) is 33.6. The van der Waals surface area contributed by atoms with E-state index in [1.165, 1.54) is 93.1 Å². The Labute approximate surface area is 529 Å². The largest absolute Gasteiger partial charge is 0.497 e. The molecule has 25 heteroatoms. The lowest BCUT2D eigenvalue weighted by atomic mass is 9.92. The van der Waals surface area contributed by atoms with E-state index in [1.54, 1.807) is 86.6 Å². The number of cyclic esters (lactones) is 1. The number of likely N-dealkylation sites (N-methyl/N-ethyl adjacent to an activating group) is 5. The zero-order chi connectivity index (χ0) is 67.8. The number of nitrogens with one attached hydrogen (secondary N) is 3. The molecule has 2 aromatic carbocycles. The highest BCUT2D eigenvalue weighted by molar-refractivity contribution is 6.03. The van der Waals surface area contributed by atoms with Crippen molar-refractivity contribution in [2.45, 2.75) is 176 Å². The predicted molar refractivity (Wildman–Crippen MR) is 333 cm³/mol. The summed E-state index contributed by atoms with van der Waals surface area (Å²) in [4.78, 5) is 180. The zero-order valence-electron chi connectivity index (χ0n) is 55.5. The van der Waals surface area contributed by atoms with Crippen LogP contribution in [0.2, 0.25) is 0 Å². The second-order valence-corrected chi connectivity index (χ2v) is 24.8. The van der Waals surface area contributed by atoms with Crippen molar-refractivity contribution in [3.05, 3.63) is 65.2 Å². The summed E-state index contributed by atoms with van der Waals surface area (Å²) in [6, 6.07) is 1.63. The van der Waals surface area contributed by atoms with Gasteiger partial charge in [-0.3, -0.25) is 43.2 Å². The van der Waals surface area contributed by atoms with Crippen molar-refractivity contribution >= 4 is 71.1 Å². The van der Waals surface area contributed by atoms with Gasteiger partial charge in [-0.1, -0.05) is 106 Å². The number of fused-ring (bicyclic) bond motifs is 1. The molecule has 0 spiro atoms. The fourth-order valence-corrected chi connectivity index (χ4v) is 11.8. The minimum absolute atomic E-state index is 0.0911. The Kier molecular flexibility index (Phi) is 27.8. The molecule has 11 atom stereocenters. The van der Waals surface area contributed by atoms with Gasteiger partial charge in [0.05, 0.1) is 31.4 Å². The van der Waals surface area contributed by atoms with Crippen molar-refractivity contribution in [2.24, 2.45) is 29.6 Å². The maximum atomic E-state index is 15.4. The van der Waals surface area contributed by atoms with Crippen molar-refractivity contribution in [1.29, 1.82) is 0 Å². The number of carbonyl (C=O) groups is 12. The molecular formula is C65H97N9O16. The van der Waals surface area contributed by atoms with E-state index < -0.39 is 175 Å². The van der Waals surface area contributed by atoms with Gasteiger partial charge >= 0.3 is 17.9 Å². The summed E-state index contributed by atoms with van der Waals surface area (Å²) >= 11 is 0. The number of benzene rings is 2. The SMILES string of the molecule is CC[C@H](C)[C@H]1C(=O)NCC(=O)N(C)[C@@H](C(C)C)C(=O)N[C@@H](Cc2ccc(OC)cc2)C(=O)O[C@H](C)C(=O)N2CCCC[C@H]2C(=O)N(C)[C@@H](C(C)C)C(=O)N[C@@H](C(C)C)C(=O)N(C)[C@@H](CCOC(=O)c2ccccc2C(=O)O)C(=O)N(C)[C@@H]([C@@H](C)CC)C(=O)N1C. The molecule has 90 heavy (non-hydrogen) atoms. The van der Waals surface area contributed by atoms with Crippen molar-refractivity contribution in [3.8, 4) is 5.75 Å². The number of aromatic carboxylic acids is 1. The van der Waals surface area contributed by atoms with Gasteiger partial charge in [0.15, 0.2) is 6.10 Å². The van der Waals surface area contributed by atoms with Crippen molar-refractivity contribution in [3.63, 3.8) is 0 Å². The van der Waals surface area contributed by atoms with E-state index >= 15 is 14.4 Å². The topological polar surface area (TPSA) is 308 Å². The number of rotatable bonds is 15. The van der Waals surface area contributed by atoms with Gasteiger partial charge in [-0.2, -0.15) is 0 Å². The summed E-state index contributed by atoms with van der Waals surface area (Å²) in [5.41, 5.74) is -0.0377. The first kappa shape index (κ1) is 74.3. The average molecular weight is 1260 g/mol. The van der Waals surface area contributed by atoms with E-state index in [4.69, 9.17) is 14.2 Å². The summed E-state index contributed by atoms with van der Waals surface area (Å²) in [5.74, 6) is -12.4. The molecule has 0 bridgehead atoms. The summed E-state index contributed by atoms with van der Waals surface area (Å²) in [6.45, 7) is 17.5. The lowest BCUT2D eigenvalue weighted by Crippen LogP contribution is -2.63. The molecule has 2 aromatic rings. The number of carboxylic acids is 1. The lowest BCUT2D eigenvalue weighted by molar-refractivity contribution is -0.165. The Balaban J connectivity index is 1.90. The van der Waals surface area contributed by atoms with Crippen molar-refractivity contribution in [2.75, 3.05) is 62.0 Å². The van der Waals surface area contributed by atoms with Gasteiger partial charge in [-0.25, -0.2) is 14.4 Å². The highest BCUT2D eigenvalue weighted by Gasteiger charge is 2.46. The van der Waals surface area contributed by atoms with Crippen LogP contribution in [-0.4, -0.2) is 222 Å². The number of amides is 9. The van der Waals surface area contributed by atoms with Gasteiger partial charge in [0, 0.05) is 54.6 Å². The molecule has 0 saturated carbocycles. The van der Waals surface area contributed by atoms with E-state index in [2.05, 4.69) is 16.0 Å². The molecule has 25 nitrogen and oxygen atoms in total. The van der Waals surface area contributed by atoms with Gasteiger partial charge in [0.2, 0.25) is 47.3 Å². The Morgan fingerprint density at radius 3 is 1.72 bits per heavy atom. The molecule has 4 N–H and O–H groups in total. The highest BCUT2D eigenvalue weighted by atomic mass is 16.6. The maximum Gasteiger partial charge on any atom is 0.339 e. The standard InChI is InChI=1S/C65H97N9O16/c1-18-39(9)53-55(76)66-35-49(75)70(13)51(37(5)6)56(77)67-46(34-42-27-29-43(88-17)30-28-42)65(87)90-41(11)58(79)74-32-23-22-26-48(74)60(81)71(14)52(38(7)8)57(78)68-50(36(3)4)61(82)69(12)47(59(80)73(16)54(40(10)19-2)62(83)72(53)15)31-33-89-64(86)45-25-21-20-24-44(45)63(84)85/h20-21,24-25,27-30,36-41,46-48,50-54H,18-19,22-23,26,31-35H2,1-17H3,(H,66,76)(H,67,77)(H,68,78)(H,84,85)/t39-,40-,41+,46-,47-,48-,50-,51-,52-,53-,54-/m0/s1. The first-order valence-corrected chi connectivity index (χ1v) is 31.1. The second-order valence-electron chi connectivity index (χ2n) is 24.8. The average Bonchev–Trinajstić information content (AvgIpc) is 1.20. The highest BCUT2D eigenvalue weighted by Crippen LogP contribution is 2.27. The lowest BCUT2D eigenvalue weighted by Gasteiger charge is -2.41. The van der Waals surface area contributed by atoms with Crippen LogP contribution < -0.4 is 20.7 Å². The minimum Gasteiger partial charge on any atom is -0.497 e. The van der Waals surface area contributed by atoms with Crippen LogP contribution in [-0.2, 0) is 63.8 Å². The zero-order valence-corrected chi connectivity index (χ0v) is 55.5. The molecule has 2 heterocycles. The maximum absolute atomic E-state index is 15.4. The van der Waals surface area contributed by atoms with E-state index in [-0.39, 0.29) is 30.5 Å². The van der Waals surface area contributed by atoms with Crippen LogP contribution in [0.15, 0.2) is 48.5 Å². The van der Waals surface area contributed by atoms with Crippen LogP contribution in [0.4, 0.5) is 0 Å². The Hall–Kier alpha value is -8.12. The Morgan fingerprint density at radius 2 is 1.17 bits per heavy atom. The molecule has 0 aliphatic carbocycles. The van der Waals surface area contributed by atoms with Crippen LogP contribution in [0, 0.1) is 29.6 Å². The quantitative estimate of drug-likeness (QED) is 0.184. The molecule has 2 aliphatic rings. The van der Waals surface area contributed by atoms with Crippen molar-refractivity contribution < 1.29 is 76.9 Å². The smallest absolute Gasteiger partial charge is 0.339 e. The number of hydrogen-bond acceptors (Lipinski definition) is 15. The number of esters is 2. The number of hydrogen-bond donors (Lipinski definition) is 4. The van der Waals surface area contributed by atoms with Crippen LogP contribution >= 0.6 is 0 Å². The van der Waals surface area contributed by atoms with Gasteiger partial charge in [-0.15, -0.1) is 0 Å². The number of carboxylic acid groups (broad SMARTS) is 1. The Morgan fingerprint density at radius 1 is 0.622 bits per heavy atom. The molecule has 2 aliphatic heterocycles. The monoisotopic (exact) mass is 1260 g/mol. The van der Waals surface area contributed by atoms with Gasteiger partial charge < -0.3 is 64.7 Å². The molecule has 0 unspecified atom stereocenters. The molecule has 498 valence electrons. The number of methoxy groups -OCH3 is 1. The number of ether oxygens (including phenoxy) is 3. The number of nitrogens with zero attached hydrogens (tertiary/aromatic N) is 6. The van der Waals surface area contributed by atoms with E-state index in [0.29, 0.717) is 37.0 Å².